The first-order valence-electron chi connectivity index (χ1n) is 7.31. The fourth-order valence-electron chi connectivity index (χ4n) is 2.77. The van der Waals surface area contributed by atoms with Crippen LogP contribution in [0.3, 0.4) is 0 Å². The molecule has 7 nitrogen and oxygen atoms in total. The number of carboxylic acid groups (broad SMARTS) is 2. The molecule has 0 aromatic rings. The molecule has 1 aliphatic rings. The zero-order valence-electron chi connectivity index (χ0n) is 12.5. The molecule has 2 amide bonds. The van der Waals surface area contributed by atoms with Crippen LogP contribution in [0.2, 0.25) is 0 Å². The summed E-state index contributed by atoms with van der Waals surface area (Å²) in [5.74, 6) is -1.32. The highest BCUT2D eigenvalue weighted by molar-refractivity contribution is 5.83. The Labute approximate surface area is 124 Å². The summed E-state index contributed by atoms with van der Waals surface area (Å²) < 4.78 is 0. The summed E-state index contributed by atoms with van der Waals surface area (Å²) in [5, 5.41) is 22.7. The molecule has 3 unspecified atom stereocenters. The number of aliphatic carboxylic acids is 2. The van der Waals surface area contributed by atoms with E-state index in [9.17, 15) is 14.4 Å². The predicted octanol–water partition coefficient (Wildman–Crippen LogP) is 1.43. The molecule has 0 radical (unpaired) electrons. The first-order valence-corrected chi connectivity index (χ1v) is 7.31. The number of rotatable bonds is 6. The molecule has 120 valence electrons. The van der Waals surface area contributed by atoms with Crippen LogP contribution in [-0.4, -0.2) is 40.3 Å². The number of nitrogens with one attached hydrogen (secondary N) is 2. The van der Waals surface area contributed by atoms with Crippen LogP contribution in [0.4, 0.5) is 4.79 Å². The summed E-state index contributed by atoms with van der Waals surface area (Å²) >= 11 is 0. The first kappa shape index (κ1) is 17.3. The monoisotopic (exact) mass is 300 g/mol. The van der Waals surface area contributed by atoms with E-state index in [0.29, 0.717) is 11.8 Å². The third-order valence-electron chi connectivity index (χ3n) is 4.00. The number of carboxylic acids is 2. The molecule has 0 aliphatic heterocycles. The predicted molar refractivity (Wildman–Crippen MR) is 75.9 cm³/mol. The number of amides is 2. The molecule has 7 heteroatoms. The number of hydrogen-bond donors (Lipinski definition) is 4. The summed E-state index contributed by atoms with van der Waals surface area (Å²) in [6.45, 7) is 4.25. The summed E-state index contributed by atoms with van der Waals surface area (Å²) in [7, 11) is 0. The van der Waals surface area contributed by atoms with Crippen LogP contribution in [0.1, 0.15) is 46.0 Å². The SMILES string of the molecule is CC1CCC(NC(=O)N[C@@H](CCC(=O)O)C(=O)O)C(C)C1. The summed E-state index contributed by atoms with van der Waals surface area (Å²) in [6.07, 6.45) is 2.52. The van der Waals surface area contributed by atoms with Gasteiger partial charge in [0.05, 0.1) is 0 Å². The molecule has 4 N–H and O–H groups in total. The lowest BCUT2D eigenvalue weighted by Gasteiger charge is -2.33. The van der Waals surface area contributed by atoms with Crippen LogP contribution < -0.4 is 10.6 Å². The third kappa shape index (κ3) is 6.01. The van der Waals surface area contributed by atoms with Crippen molar-refractivity contribution in [2.75, 3.05) is 0 Å². The van der Waals surface area contributed by atoms with Crippen LogP contribution >= 0.6 is 0 Å². The highest BCUT2D eigenvalue weighted by Gasteiger charge is 2.28. The zero-order chi connectivity index (χ0) is 16.0. The fraction of sp³-hybridized carbons (Fsp3) is 0.786. The van der Waals surface area contributed by atoms with Gasteiger partial charge in [-0.2, -0.15) is 0 Å². The van der Waals surface area contributed by atoms with E-state index in [1.807, 2.05) is 0 Å². The van der Waals surface area contributed by atoms with Crippen molar-refractivity contribution in [2.45, 2.75) is 58.0 Å². The second kappa shape index (κ2) is 7.85. The van der Waals surface area contributed by atoms with E-state index in [2.05, 4.69) is 24.5 Å². The van der Waals surface area contributed by atoms with Gasteiger partial charge in [-0.1, -0.05) is 13.8 Å². The lowest BCUT2D eigenvalue weighted by atomic mass is 9.80. The fourth-order valence-corrected chi connectivity index (χ4v) is 2.77. The Morgan fingerprint density at radius 1 is 1.19 bits per heavy atom. The minimum atomic E-state index is -1.23. The molecule has 0 aromatic heterocycles. The van der Waals surface area contributed by atoms with Crippen molar-refractivity contribution in [1.82, 2.24) is 10.6 Å². The van der Waals surface area contributed by atoms with Gasteiger partial charge >= 0.3 is 18.0 Å². The Morgan fingerprint density at radius 3 is 2.38 bits per heavy atom. The van der Waals surface area contributed by atoms with E-state index in [1.165, 1.54) is 0 Å². The van der Waals surface area contributed by atoms with Crippen molar-refractivity contribution in [3.05, 3.63) is 0 Å². The van der Waals surface area contributed by atoms with Crippen molar-refractivity contribution >= 4 is 18.0 Å². The van der Waals surface area contributed by atoms with Crippen LogP contribution in [-0.2, 0) is 9.59 Å². The van der Waals surface area contributed by atoms with Gasteiger partial charge in [0.25, 0.3) is 0 Å². The Kier molecular flexibility index (Phi) is 6.45. The molecule has 0 aromatic carbocycles. The smallest absolute Gasteiger partial charge is 0.326 e. The maximum Gasteiger partial charge on any atom is 0.326 e. The molecule has 1 saturated carbocycles. The summed E-state index contributed by atoms with van der Waals surface area (Å²) in [4.78, 5) is 33.4. The van der Waals surface area contributed by atoms with Crippen molar-refractivity contribution in [2.24, 2.45) is 11.8 Å². The summed E-state index contributed by atoms with van der Waals surface area (Å²) in [5.41, 5.74) is 0. The van der Waals surface area contributed by atoms with Crippen molar-refractivity contribution in [3.63, 3.8) is 0 Å². The van der Waals surface area contributed by atoms with Gasteiger partial charge in [0.1, 0.15) is 6.04 Å². The highest BCUT2D eigenvalue weighted by Crippen LogP contribution is 2.28. The van der Waals surface area contributed by atoms with Gasteiger partial charge in [-0.25, -0.2) is 9.59 Å². The van der Waals surface area contributed by atoms with Crippen molar-refractivity contribution < 1.29 is 24.6 Å². The van der Waals surface area contributed by atoms with Gasteiger partial charge in [0, 0.05) is 12.5 Å². The van der Waals surface area contributed by atoms with Crippen molar-refractivity contribution in [1.29, 1.82) is 0 Å². The quantitative estimate of drug-likeness (QED) is 0.592. The van der Waals surface area contributed by atoms with Gasteiger partial charge in [-0.05, 0) is 37.5 Å². The normalized spacial score (nSPS) is 26.7. The van der Waals surface area contributed by atoms with E-state index in [4.69, 9.17) is 10.2 Å². The second-order valence-corrected chi connectivity index (χ2v) is 5.94. The molecule has 0 spiro atoms. The molecular formula is C14H24N2O5. The molecule has 0 saturated heterocycles. The number of hydrogen-bond acceptors (Lipinski definition) is 3. The second-order valence-electron chi connectivity index (χ2n) is 5.94. The van der Waals surface area contributed by atoms with Gasteiger partial charge in [-0.15, -0.1) is 0 Å². The highest BCUT2D eigenvalue weighted by atomic mass is 16.4. The molecular weight excluding hydrogens is 276 g/mol. The molecule has 0 bridgehead atoms. The van der Waals surface area contributed by atoms with Gasteiger partial charge in [0.2, 0.25) is 0 Å². The zero-order valence-corrected chi connectivity index (χ0v) is 12.5. The average molecular weight is 300 g/mol. The number of carbonyl (C=O) groups is 3. The molecule has 0 heterocycles. The van der Waals surface area contributed by atoms with E-state index in [-0.39, 0.29) is 18.9 Å². The Bertz CT molecular complexity index is 399. The lowest BCUT2D eigenvalue weighted by Crippen LogP contribution is -2.51. The Hall–Kier alpha value is -1.79. The topological polar surface area (TPSA) is 116 Å². The number of urea groups is 1. The first-order chi connectivity index (χ1) is 9.79. The molecule has 1 aliphatic carbocycles. The van der Waals surface area contributed by atoms with E-state index < -0.39 is 24.0 Å². The minimum Gasteiger partial charge on any atom is -0.481 e. The molecule has 4 atom stereocenters. The van der Waals surface area contributed by atoms with Gasteiger partial charge < -0.3 is 20.8 Å². The van der Waals surface area contributed by atoms with E-state index >= 15 is 0 Å². The van der Waals surface area contributed by atoms with Crippen LogP contribution in [0.15, 0.2) is 0 Å². The maximum absolute atomic E-state index is 11.9. The Morgan fingerprint density at radius 2 is 1.86 bits per heavy atom. The number of carbonyl (C=O) groups excluding carboxylic acids is 1. The standard InChI is InChI=1S/C14H24N2O5/c1-8-3-4-10(9(2)7-8)15-14(21)16-11(13(19)20)5-6-12(17)18/h8-11H,3-7H2,1-2H3,(H,17,18)(H,19,20)(H2,15,16,21)/t8?,9?,10?,11-/m0/s1. The lowest BCUT2D eigenvalue weighted by molar-refractivity contribution is -0.140. The van der Waals surface area contributed by atoms with Gasteiger partial charge in [0.15, 0.2) is 0 Å². The van der Waals surface area contributed by atoms with Crippen LogP contribution in [0.25, 0.3) is 0 Å². The van der Waals surface area contributed by atoms with Crippen LogP contribution in [0.5, 0.6) is 0 Å². The molecule has 1 rings (SSSR count). The molecule has 1 fully saturated rings. The maximum atomic E-state index is 11.9. The van der Waals surface area contributed by atoms with Crippen LogP contribution in [0, 0.1) is 11.8 Å². The average Bonchev–Trinajstić information content (AvgIpc) is 2.37. The van der Waals surface area contributed by atoms with E-state index in [1.54, 1.807) is 0 Å². The Balaban J connectivity index is 2.46. The van der Waals surface area contributed by atoms with Crippen molar-refractivity contribution in [3.8, 4) is 0 Å². The minimum absolute atomic E-state index is 0.0371. The molecule has 21 heavy (non-hydrogen) atoms. The van der Waals surface area contributed by atoms with Gasteiger partial charge in [-0.3, -0.25) is 4.79 Å². The largest absolute Gasteiger partial charge is 0.481 e. The van der Waals surface area contributed by atoms with E-state index in [0.717, 1.165) is 19.3 Å². The third-order valence-corrected chi connectivity index (χ3v) is 4.00. The summed E-state index contributed by atoms with van der Waals surface area (Å²) in [6, 6.07) is -1.69.